The zero-order valence-corrected chi connectivity index (χ0v) is 22.3. The Bertz CT molecular complexity index is 1180. The van der Waals surface area contributed by atoms with Crippen LogP contribution in [0.2, 0.25) is 0 Å². The fourth-order valence-electron chi connectivity index (χ4n) is 4.70. The molecule has 2 amide bonds. The van der Waals surface area contributed by atoms with Crippen molar-refractivity contribution in [2.24, 2.45) is 0 Å². The van der Waals surface area contributed by atoms with Crippen LogP contribution in [0.1, 0.15) is 48.2 Å². The topological polar surface area (TPSA) is 88.5 Å². The maximum Gasteiger partial charge on any atom is 0.234 e. The predicted molar refractivity (Wildman–Crippen MR) is 148 cm³/mol. The summed E-state index contributed by atoms with van der Waals surface area (Å²) in [4.78, 5) is 31.7. The van der Waals surface area contributed by atoms with Gasteiger partial charge in [-0.2, -0.15) is 0 Å². The summed E-state index contributed by atoms with van der Waals surface area (Å²) in [5.41, 5.74) is 3.08. The van der Waals surface area contributed by atoms with Crippen molar-refractivity contribution in [2.75, 3.05) is 26.2 Å². The van der Waals surface area contributed by atoms with Crippen LogP contribution in [0, 0.1) is 6.92 Å². The molecule has 0 bridgehead atoms. The van der Waals surface area contributed by atoms with Gasteiger partial charge in [-0.05, 0) is 49.8 Å². The quantitative estimate of drug-likeness (QED) is 0.446. The molecule has 3 aromatic rings. The van der Waals surface area contributed by atoms with Crippen molar-refractivity contribution in [1.82, 2.24) is 25.1 Å². The number of ether oxygens (including phenoxy) is 1. The normalized spacial score (nSPS) is 15.2. The van der Waals surface area contributed by atoms with Gasteiger partial charge in [-0.3, -0.25) is 14.5 Å². The number of carbonyl (C=O) groups excluding carboxylic acids is 2. The summed E-state index contributed by atoms with van der Waals surface area (Å²) >= 11 is 0. The highest BCUT2D eigenvalue weighted by molar-refractivity contribution is 5.79. The third-order valence-electron chi connectivity index (χ3n) is 6.72. The number of hydrogen-bond donors (Lipinski definition) is 2. The Morgan fingerprint density at radius 1 is 1.08 bits per heavy atom. The number of nitrogens with one attached hydrogen (secondary N) is 2. The second-order valence-corrected chi connectivity index (χ2v) is 9.88. The van der Waals surface area contributed by atoms with E-state index in [9.17, 15) is 9.59 Å². The zero-order chi connectivity index (χ0) is 26.6. The number of carbonyl (C=O) groups is 2. The van der Waals surface area contributed by atoms with Gasteiger partial charge in [-0.25, -0.2) is 4.98 Å². The minimum atomic E-state index is -0.00150. The number of aromatic nitrogens is 2. The first kappa shape index (κ1) is 27.4. The summed E-state index contributed by atoms with van der Waals surface area (Å²) in [5.74, 6) is 1.83. The standard InChI is InChI=1S/C30H39N5O3/c1-24-31-15-17-35(24)16-8-14-32-29(36)20-26-11-12-28-27(19-26)22-34(21-25-9-4-2-5-10-25)23-30(37)33-13-6-3-7-18-38-28/h2,4-5,9-12,15,17,19H,3,6-8,13-14,16,18,20-23H2,1H3,(H,32,36)(H,33,37). The van der Waals surface area contributed by atoms with E-state index in [1.165, 1.54) is 0 Å². The first-order valence-corrected chi connectivity index (χ1v) is 13.6. The van der Waals surface area contributed by atoms with Crippen molar-refractivity contribution in [3.63, 3.8) is 0 Å². The molecular formula is C30H39N5O3. The van der Waals surface area contributed by atoms with Gasteiger partial charge in [-0.15, -0.1) is 0 Å². The van der Waals surface area contributed by atoms with Crippen LogP contribution in [-0.2, 0) is 35.6 Å². The molecule has 2 N–H and O–H groups in total. The van der Waals surface area contributed by atoms with E-state index in [-0.39, 0.29) is 11.8 Å². The van der Waals surface area contributed by atoms with Crippen LogP contribution in [0.5, 0.6) is 5.75 Å². The highest BCUT2D eigenvalue weighted by Crippen LogP contribution is 2.24. The molecule has 0 atom stereocenters. The molecule has 1 aliphatic heterocycles. The first-order valence-electron chi connectivity index (χ1n) is 13.6. The summed E-state index contributed by atoms with van der Waals surface area (Å²) < 4.78 is 8.25. The fraction of sp³-hybridized carbons (Fsp3) is 0.433. The van der Waals surface area contributed by atoms with E-state index in [0.717, 1.165) is 60.5 Å². The predicted octanol–water partition coefficient (Wildman–Crippen LogP) is 3.62. The summed E-state index contributed by atoms with van der Waals surface area (Å²) in [6.07, 6.45) is 7.77. The van der Waals surface area contributed by atoms with Crippen LogP contribution in [0.3, 0.4) is 0 Å². The number of benzene rings is 2. The van der Waals surface area contributed by atoms with Gasteiger partial charge in [0.2, 0.25) is 11.8 Å². The largest absolute Gasteiger partial charge is 0.493 e. The second-order valence-electron chi connectivity index (χ2n) is 9.88. The first-order chi connectivity index (χ1) is 18.6. The molecule has 0 unspecified atom stereocenters. The van der Waals surface area contributed by atoms with Gasteiger partial charge in [0.15, 0.2) is 0 Å². The lowest BCUT2D eigenvalue weighted by Gasteiger charge is -2.23. The van der Waals surface area contributed by atoms with E-state index in [4.69, 9.17) is 4.74 Å². The van der Waals surface area contributed by atoms with E-state index >= 15 is 0 Å². The van der Waals surface area contributed by atoms with Crippen molar-refractivity contribution in [3.05, 3.63) is 83.4 Å². The molecule has 8 heteroatoms. The summed E-state index contributed by atoms with van der Waals surface area (Å²) in [7, 11) is 0. The van der Waals surface area contributed by atoms with Crippen LogP contribution < -0.4 is 15.4 Å². The molecule has 202 valence electrons. The zero-order valence-electron chi connectivity index (χ0n) is 22.3. The molecule has 0 saturated heterocycles. The molecule has 1 aromatic heterocycles. The lowest BCUT2D eigenvalue weighted by Crippen LogP contribution is -2.37. The maximum atomic E-state index is 12.7. The van der Waals surface area contributed by atoms with Gasteiger partial charge in [0, 0.05) is 50.7 Å². The second kappa shape index (κ2) is 14.3. The van der Waals surface area contributed by atoms with Gasteiger partial charge < -0.3 is 19.9 Å². The van der Waals surface area contributed by atoms with E-state index in [1.54, 1.807) is 6.20 Å². The average molecular weight is 518 g/mol. The number of nitrogens with zero attached hydrogens (tertiary/aromatic N) is 3. The lowest BCUT2D eigenvalue weighted by molar-refractivity contribution is -0.122. The minimum Gasteiger partial charge on any atom is -0.493 e. The monoisotopic (exact) mass is 517 g/mol. The molecular weight excluding hydrogens is 478 g/mol. The van der Waals surface area contributed by atoms with Gasteiger partial charge >= 0.3 is 0 Å². The van der Waals surface area contributed by atoms with Crippen LogP contribution in [0.4, 0.5) is 0 Å². The van der Waals surface area contributed by atoms with E-state index in [2.05, 4.69) is 43.3 Å². The Morgan fingerprint density at radius 2 is 1.95 bits per heavy atom. The smallest absolute Gasteiger partial charge is 0.234 e. The van der Waals surface area contributed by atoms with Crippen molar-refractivity contribution < 1.29 is 14.3 Å². The van der Waals surface area contributed by atoms with E-state index < -0.39 is 0 Å². The average Bonchev–Trinajstić information content (AvgIpc) is 3.32. The molecule has 38 heavy (non-hydrogen) atoms. The number of fused-ring (bicyclic) bond motifs is 1. The van der Waals surface area contributed by atoms with Crippen molar-refractivity contribution in [1.29, 1.82) is 0 Å². The van der Waals surface area contributed by atoms with Crippen LogP contribution in [-0.4, -0.2) is 52.5 Å². The Kier molecular flexibility index (Phi) is 10.3. The van der Waals surface area contributed by atoms with Crippen molar-refractivity contribution in [3.8, 4) is 5.75 Å². The molecule has 4 rings (SSSR count). The lowest BCUT2D eigenvalue weighted by atomic mass is 10.1. The minimum absolute atomic E-state index is 0.00150. The third-order valence-corrected chi connectivity index (χ3v) is 6.72. The Labute approximate surface area is 225 Å². The molecule has 2 heterocycles. The number of rotatable bonds is 8. The van der Waals surface area contributed by atoms with Gasteiger partial charge in [0.05, 0.1) is 19.6 Å². The fourth-order valence-corrected chi connectivity index (χ4v) is 4.70. The van der Waals surface area contributed by atoms with Gasteiger partial charge in [-0.1, -0.05) is 42.5 Å². The summed E-state index contributed by atoms with van der Waals surface area (Å²) in [5, 5.41) is 6.09. The van der Waals surface area contributed by atoms with E-state index in [0.29, 0.717) is 45.8 Å². The Balaban J connectivity index is 1.42. The maximum absolute atomic E-state index is 12.7. The molecule has 0 saturated carbocycles. The Morgan fingerprint density at radius 3 is 2.76 bits per heavy atom. The molecule has 0 spiro atoms. The molecule has 8 nitrogen and oxygen atoms in total. The van der Waals surface area contributed by atoms with Crippen molar-refractivity contribution >= 4 is 11.8 Å². The highest BCUT2D eigenvalue weighted by atomic mass is 16.5. The van der Waals surface area contributed by atoms with Crippen molar-refractivity contribution in [2.45, 2.75) is 58.7 Å². The molecule has 2 aromatic carbocycles. The summed E-state index contributed by atoms with van der Waals surface area (Å²) in [6, 6.07) is 16.2. The molecule has 0 aliphatic carbocycles. The van der Waals surface area contributed by atoms with Crippen LogP contribution in [0.15, 0.2) is 60.9 Å². The number of hydrogen-bond acceptors (Lipinski definition) is 5. The van der Waals surface area contributed by atoms with Crippen LogP contribution >= 0.6 is 0 Å². The highest BCUT2D eigenvalue weighted by Gasteiger charge is 2.17. The SMILES string of the molecule is Cc1nccn1CCCNC(=O)Cc1ccc2c(c1)CN(Cc1ccccc1)CC(=O)NCCCCCO2. The van der Waals surface area contributed by atoms with Crippen LogP contribution in [0.25, 0.3) is 0 Å². The number of amides is 2. The van der Waals surface area contributed by atoms with Gasteiger partial charge in [0.25, 0.3) is 0 Å². The van der Waals surface area contributed by atoms with E-state index in [1.807, 2.05) is 43.5 Å². The van der Waals surface area contributed by atoms with Gasteiger partial charge in [0.1, 0.15) is 11.6 Å². The molecule has 0 fully saturated rings. The molecule has 1 aliphatic rings. The third kappa shape index (κ3) is 8.73. The molecule has 0 radical (unpaired) electrons. The Hall–Kier alpha value is -3.65. The summed E-state index contributed by atoms with van der Waals surface area (Å²) in [6.45, 7) is 6.24. The number of imidazole rings is 1. The number of aryl methyl sites for hydroxylation is 2.